The summed E-state index contributed by atoms with van der Waals surface area (Å²) in [6, 6.07) is 1.50. The summed E-state index contributed by atoms with van der Waals surface area (Å²) in [5, 5.41) is 9.59. The van der Waals surface area contributed by atoms with Crippen LogP contribution in [0.25, 0.3) is 0 Å². The molecule has 0 aromatic carbocycles. The Balaban J connectivity index is 1.92. The van der Waals surface area contributed by atoms with Crippen LogP contribution in [0.4, 0.5) is 0 Å². The van der Waals surface area contributed by atoms with Crippen molar-refractivity contribution in [3.05, 3.63) is 0 Å². The molecule has 2 heteroatoms. The van der Waals surface area contributed by atoms with Gasteiger partial charge in [-0.3, -0.25) is 4.90 Å². The van der Waals surface area contributed by atoms with Gasteiger partial charge >= 0.3 is 0 Å². The molecule has 2 atom stereocenters. The van der Waals surface area contributed by atoms with E-state index in [1.165, 1.54) is 57.9 Å². The molecular formula is C14H27NO. The topological polar surface area (TPSA) is 23.5 Å². The van der Waals surface area contributed by atoms with E-state index in [0.717, 1.165) is 12.5 Å². The van der Waals surface area contributed by atoms with Crippen molar-refractivity contribution in [2.45, 2.75) is 82.9 Å². The number of hydrogen-bond donors (Lipinski definition) is 1. The van der Waals surface area contributed by atoms with Gasteiger partial charge in [0.15, 0.2) is 0 Å². The van der Waals surface area contributed by atoms with Gasteiger partial charge in [0, 0.05) is 12.1 Å². The van der Waals surface area contributed by atoms with Crippen LogP contribution >= 0.6 is 0 Å². The molecule has 1 aliphatic heterocycles. The van der Waals surface area contributed by atoms with E-state index in [1.807, 2.05) is 6.92 Å². The Bertz CT molecular complexity index is 199. The average Bonchev–Trinajstić information content (AvgIpc) is 2.30. The van der Waals surface area contributed by atoms with Gasteiger partial charge in [-0.2, -0.15) is 0 Å². The normalized spacial score (nSPS) is 31.5. The third kappa shape index (κ3) is 3.21. The fourth-order valence-electron chi connectivity index (χ4n) is 3.56. The molecule has 0 amide bonds. The summed E-state index contributed by atoms with van der Waals surface area (Å²) in [5.74, 6) is 0. The highest BCUT2D eigenvalue weighted by Crippen LogP contribution is 2.30. The molecule has 0 aromatic rings. The molecule has 0 radical (unpaired) electrons. The van der Waals surface area contributed by atoms with Crippen molar-refractivity contribution in [3.63, 3.8) is 0 Å². The number of aliphatic hydroxyl groups excluding tert-OH is 1. The standard InChI is InChI=1S/C14H27NO/c1-12(16)11-14-9-5-6-10-15(14)13-7-3-2-4-8-13/h12-14,16H,2-11H2,1H3. The first-order chi connectivity index (χ1) is 7.77. The molecule has 0 spiro atoms. The summed E-state index contributed by atoms with van der Waals surface area (Å²) in [4.78, 5) is 2.73. The molecule has 2 unspecified atom stereocenters. The molecule has 1 saturated carbocycles. The summed E-state index contributed by atoms with van der Waals surface area (Å²) in [6.45, 7) is 3.22. The van der Waals surface area contributed by atoms with Gasteiger partial charge in [0.05, 0.1) is 6.10 Å². The molecule has 0 bridgehead atoms. The van der Waals surface area contributed by atoms with Crippen LogP contribution in [0.15, 0.2) is 0 Å². The van der Waals surface area contributed by atoms with Crippen LogP contribution in [0.5, 0.6) is 0 Å². The predicted octanol–water partition coefficient (Wildman–Crippen LogP) is 2.94. The van der Waals surface area contributed by atoms with Crippen LogP contribution in [0.3, 0.4) is 0 Å². The second-order valence-corrected chi connectivity index (χ2v) is 5.76. The highest BCUT2D eigenvalue weighted by atomic mass is 16.3. The van der Waals surface area contributed by atoms with Crippen molar-refractivity contribution in [3.8, 4) is 0 Å². The fourth-order valence-corrected chi connectivity index (χ4v) is 3.56. The lowest BCUT2D eigenvalue weighted by Gasteiger charge is -2.43. The average molecular weight is 225 g/mol. The number of rotatable bonds is 3. The van der Waals surface area contributed by atoms with E-state index in [1.54, 1.807) is 0 Å². The monoisotopic (exact) mass is 225 g/mol. The van der Waals surface area contributed by atoms with E-state index < -0.39 is 0 Å². The van der Waals surface area contributed by atoms with E-state index in [-0.39, 0.29) is 6.10 Å². The van der Waals surface area contributed by atoms with E-state index in [9.17, 15) is 5.11 Å². The number of aliphatic hydroxyl groups is 1. The molecule has 2 rings (SSSR count). The SMILES string of the molecule is CC(O)CC1CCCCN1C1CCCCC1. The summed E-state index contributed by atoms with van der Waals surface area (Å²) in [6.07, 6.45) is 12.0. The zero-order chi connectivity index (χ0) is 11.4. The maximum Gasteiger partial charge on any atom is 0.0527 e. The number of nitrogens with zero attached hydrogens (tertiary/aromatic N) is 1. The number of piperidine rings is 1. The van der Waals surface area contributed by atoms with Crippen LogP contribution in [0.1, 0.15) is 64.7 Å². The first-order valence-corrected chi connectivity index (χ1v) is 7.21. The van der Waals surface area contributed by atoms with Gasteiger partial charge in [-0.25, -0.2) is 0 Å². The second kappa shape index (κ2) is 6.02. The Morgan fingerprint density at radius 2 is 1.75 bits per heavy atom. The minimum atomic E-state index is -0.130. The van der Waals surface area contributed by atoms with Crippen molar-refractivity contribution in [1.82, 2.24) is 4.90 Å². The van der Waals surface area contributed by atoms with Crippen LogP contribution in [0, 0.1) is 0 Å². The van der Waals surface area contributed by atoms with Gasteiger partial charge in [0.2, 0.25) is 0 Å². The second-order valence-electron chi connectivity index (χ2n) is 5.76. The Hall–Kier alpha value is -0.0800. The lowest BCUT2D eigenvalue weighted by Crippen LogP contribution is -2.48. The third-order valence-electron chi connectivity index (χ3n) is 4.33. The lowest BCUT2D eigenvalue weighted by molar-refractivity contribution is 0.0410. The van der Waals surface area contributed by atoms with Gasteiger partial charge in [0.25, 0.3) is 0 Å². The summed E-state index contributed by atoms with van der Waals surface area (Å²) in [5.41, 5.74) is 0. The summed E-state index contributed by atoms with van der Waals surface area (Å²) in [7, 11) is 0. The molecule has 2 aliphatic rings. The van der Waals surface area contributed by atoms with Crippen LogP contribution in [0.2, 0.25) is 0 Å². The van der Waals surface area contributed by atoms with Crippen LogP contribution < -0.4 is 0 Å². The van der Waals surface area contributed by atoms with Gasteiger partial charge in [-0.15, -0.1) is 0 Å². The minimum Gasteiger partial charge on any atom is -0.393 e. The Labute approximate surface area is 100 Å². The van der Waals surface area contributed by atoms with Crippen LogP contribution in [-0.4, -0.2) is 34.7 Å². The lowest BCUT2D eigenvalue weighted by atomic mass is 9.89. The van der Waals surface area contributed by atoms with Crippen LogP contribution in [-0.2, 0) is 0 Å². The summed E-state index contributed by atoms with van der Waals surface area (Å²) < 4.78 is 0. The molecule has 2 nitrogen and oxygen atoms in total. The first-order valence-electron chi connectivity index (χ1n) is 7.21. The molecular weight excluding hydrogens is 198 g/mol. The predicted molar refractivity (Wildman–Crippen MR) is 67.5 cm³/mol. The summed E-state index contributed by atoms with van der Waals surface area (Å²) >= 11 is 0. The van der Waals surface area contributed by atoms with Gasteiger partial charge in [-0.1, -0.05) is 25.7 Å². The maximum absolute atomic E-state index is 9.59. The van der Waals surface area contributed by atoms with Crippen molar-refractivity contribution >= 4 is 0 Å². The van der Waals surface area contributed by atoms with Gasteiger partial charge < -0.3 is 5.11 Å². The quantitative estimate of drug-likeness (QED) is 0.798. The van der Waals surface area contributed by atoms with Crippen molar-refractivity contribution < 1.29 is 5.11 Å². The Kier molecular flexibility index (Phi) is 4.66. The highest BCUT2D eigenvalue weighted by molar-refractivity contribution is 4.85. The third-order valence-corrected chi connectivity index (χ3v) is 4.33. The molecule has 1 aliphatic carbocycles. The molecule has 16 heavy (non-hydrogen) atoms. The molecule has 1 heterocycles. The number of likely N-dealkylation sites (tertiary alicyclic amines) is 1. The molecule has 2 fully saturated rings. The Morgan fingerprint density at radius 1 is 1.06 bits per heavy atom. The van der Waals surface area contributed by atoms with Gasteiger partial charge in [-0.05, 0) is 45.6 Å². The fraction of sp³-hybridized carbons (Fsp3) is 1.00. The van der Waals surface area contributed by atoms with Crippen molar-refractivity contribution in [2.24, 2.45) is 0 Å². The zero-order valence-corrected chi connectivity index (χ0v) is 10.7. The van der Waals surface area contributed by atoms with E-state index in [4.69, 9.17) is 0 Å². The zero-order valence-electron chi connectivity index (χ0n) is 10.7. The Morgan fingerprint density at radius 3 is 2.44 bits per heavy atom. The van der Waals surface area contributed by atoms with E-state index >= 15 is 0 Å². The maximum atomic E-state index is 9.59. The minimum absolute atomic E-state index is 0.130. The van der Waals surface area contributed by atoms with E-state index in [0.29, 0.717) is 6.04 Å². The van der Waals surface area contributed by atoms with E-state index in [2.05, 4.69) is 4.90 Å². The van der Waals surface area contributed by atoms with Crippen molar-refractivity contribution in [2.75, 3.05) is 6.54 Å². The number of hydrogen-bond acceptors (Lipinski definition) is 2. The smallest absolute Gasteiger partial charge is 0.0527 e. The highest BCUT2D eigenvalue weighted by Gasteiger charge is 2.30. The molecule has 1 saturated heterocycles. The largest absolute Gasteiger partial charge is 0.393 e. The van der Waals surface area contributed by atoms with Gasteiger partial charge in [0.1, 0.15) is 0 Å². The molecule has 1 N–H and O–H groups in total. The molecule has 0 aromatic heterocycles. The first kappa shape index (κ1) is 12.4. The van der Waals surface area contributed by atoms with Crippen molar-refractivity contribution in [1.29, 1.82) is 0 Å². The molecule has 94 valence electrons.